The van der Waals surface area contributed by atoms with Crippen LogP contribution in [0, 0.1) is 0 Å². The first-order chi connectivity index (χ1) is 11.1. The monoisotopic (exact) mass is 352 g/mol. The highest BCUT2D eigenvalue weighted by atomic mass is 35.5. The van der Waals surface area contributed by atoms with Crippen LogP contribution in [0.5, 0.6) is 0 Å². The first-order valence-electron chi connectivity index (χ1n) is 7.50. The van der Waals surface area contributed by atoms with Crippen molar-refractivity contribution in [3.63, 3.8) is 0 Å². The summed E-state index contributed by atoms with van der Waals surface area (Å²) in [6.45, 7) is 3.13. The standard InChI is InChI=1S/C15H20N6O2.ClH/c1-21-7-6-17-9-12(21)13-19-14(23-20-13)11-4-2-10(3-5-11)8-18-15(16)22;/h2-5,12,17H,6-9H2,1H3,(H3,16,18,22);1H. The molecule has 130 valence electrons. The topological polar surface area (TPSA) is 109 Å². The molecule has 0 saturated carbocycles. The molecule has 2 heterocycles. The van der Waals surface area contributed by atoms with Crippen LogP contribution in [0.25, 0.3) is 11.5 Å². The average molecular weight is 353 g/mol. The molecule has 0 aliphatic carbocycles. The molecule has 2 amide bonds. The normalized spacial score (nSPS) is 18.0. The van der Waals surface area contributed by atoms with Crippen molar-refractivity contribution in [3.8, 4) is 11.5 Å². The molecule has 8 nitrogen and oxygen atoms in total. The smallest absolute Gasteiger partial charge is 0.312 e. The van der Waals surface area contributed by atoms with Crippen LogP contribution in [0.3, 0.4) is 0 Å². The van der Waals surface area contributed by atoms with Crippen molar-refractivity contribution in [2.45, 2.75) is 12.6 Å². The number of nitrogens with one attached hydrogen (secondary N) is 2. The van der Waals surface area contributed by atoms with Crippen molar-refractivity contribution in [2.75, 3.05) is 26.7 Å². The van der Waals surface area contributed by atoms with E-state index in [9.17, 15) is 4.79 Å². The zero-order valence-electron chi connectivity index (χ0n) is 13.4. The van der Waals surface area contributed by atoms with Crippen molar-refractivity contribution < 1.29 is 9.32 Å². The Kier molecular flexibility index (Phi) is 6.13. The van der Waals surface area contributed by atoms with E-state index < -0.39 is 6.03 Å². The third kappa shape index (κ3) is 4.22. The predicted molar refractivity (Wildman–Crippen MR) is 91.6 cm³/mol. The number of hydrogen-bond acceptors (Lipinski definition) is 6. The number of carbonyl (C=O) groups is 1. The minimum absolute atomic E-state index is 0. The van der Waals surface area contributed by atoms with E-state index in [2.05, 4.69) is 32.7 Å². The molecule has 1 unspecified atom stereocenters. The third-order valence-corrected chi connectivity index (χ3v) is 3.92. The van der Waals surface area contributed by atoms with E-state index >= 15 is 0 Å². The second-order valence-electron chi connectivity index (χ2n) is 5.57. The average Bonchev–Trinajstić information content (AvgIpc) is 3.03. The maximum Gasteiger partial charge on any atom is 0.312 e. The van der Waals surface area contributed by atoms with E-state index in [0.29, 0.717) is 18.3 Å². The first kappa shape index (κ1) is 18.2. The Morgan fingerprint density at radius 1 is 1.46 bits per heavy atom. The number of hydrogen-bond donors (Lipinski definition) is 3. The van der Waals surface area contributed by atoms with E-state index in [0.717, 1.165) is 30.8 Å². The van der Waals surface area contributed by atoms with Crippen LogP contribution in [-0.4, -0.2) is 47.8 Å². The molecule has 1 atom stereocenters. The second kappa shape index (κ2) is 8.09. The van der Waals surface area contributed by atoms with Crippen LogP contribution in [-0.2, 0) is 6.54 Å². The van der Waals surface area contributed by atoms with Crippen molar-refractivity contribution >= 4 is 18.4 Å². The minimum atomic E-state index is -0.541. The van der Waals surface area contributed by atoms with Crippen molar-refractivity contribution in [1.82, 2.24) is 25.7 Å². The van der Waals surface area contributed by atoms with E-state index in [1.807, 2.05) is 24.3 Å². The summed E-state index contributed by atoms with van der Waals surface area (Å²) >= 11 is 0. The molecule has 2 aromatic rings. The molecule has 9 heteroatoms. The number of primary amides is 1. The molecule has 1 aromatic carbocycles. The van der Waals surface area contributed by atoms with Gasteiger partial charge in [0.15, 0.2) is 5.82 Å². The number of likely N-dealkylation sites (N-methyl/N-ethyl adjacent to an activating group) is 1. The number of urea groups is 1. The molecular formula is C15H21ClN6O2. The predicted octanol–water partition coefficient (Wildman–Crippen LogP) is 0.903. The zero-order valence-corrected chi connectivity index (χ0v) is 14.2. The van der Waals surface area contributed by atoms with Gasteiger partial charge in [0.2, 0.25) is 0 Å². The Labute approximate surface area is 146 Å². The Balaban J connectivity index is 0.00000208. The third-order valence-electron chi connectivity index (χ3n) is 3.92. The number of piperazine rings is 1. The lowest BCUT2D eigenvalue weighted by Gasteiger charge is -2.30. The summed E-state index contributed by atoms with van der Waals surface area (Å²) in [5, 5.41) is 9.99. The van der Waals surface area contributed by atoms with Gasteiger partial charge in [-0.3, -0.25) is 4.90 Å². The molecule has 3 rings (SSSR count). The van der Waals surface area contributed by atoms with Gasteiger partial charge in [-0.1, -0.05) is 17.3 Å². The summed E-state index contributed by atoms with van der Waals surface area (Å²) in [4.78, 5) is 17.4. The number of halogens is 1. The SMILES string of the molecule is CN1CCNCC1c1noc(-c2ccc(CNC(N)=O)cc2)n1.Cl. The van der Waals surface area contributed by atoms with Crippen LogP contribution >= 0.6 is 12.4 Å². The van der Waals surface area contributed by atoms with Crippen molar-refractivity contribution in [2.24, 2.45) is 5.73 Å². The zero-order chi connectivity index (χ0) is 16.2. The van der Waals surface area contributed by atoms with Crippen LogP contribution in [0.2, 0.25) is 0 Å². The van der Waals surface area contributed by atoms with E-state index in [1.54, 1.807) is 0 Å². The Hall–Kier alpha value is -2.16. The van der Waals surface area contributed by atoms with Gasteiger partial charge in [0.25, 0.3) is 5.89 Å². The first-order valence-corrected chi connectivity index (χ1v) is 7.50. The fourth-order valence-electron chi connectivity index (χ4n) is 2.54. The number of nitrogens with zero attached hydrogens (tertiary/aromatic N) is 3. The molecule has 24 heavy (non-hydrogen) atoms. The van der Waals surface area contributed by atoms with Gasteiger partial charge >= 0.3 is 6.03 Å². The number of nitrogens with two attached hydrogens (primary N) is 1. The van der Waals surface area contributed by atoms with Crippen molar-refractivity contribution in [3.05, 3.63) is 35.7 Å². The molecule has 1 aliphatic heterocycles. The number of amides is 2. The maximum atomic E-state index is 10.7. The lowest BCUT2D eigenvalue weighted by Crippen LogP contribution is -2.44. The summed E-state index contributed by atoms with van der Waals surface area (Å²) < 4.78 is 5.39. The quantitative estimate of drug-likeness (QED) is 0.754. The largest absolute Gasteiger partial charge is 0.352 e. The second-order valence-corrected chi connectivity index (χ2v) is 5.57. The summed E-state index contributed by atoms with van der Waals surface area (Å²) in [5.74, 6) is 1.18. The highest BCUT2D eigenvalue weighted by Gasteiger charge is 2.25. The fourth-order valence-corrected chi connectivity index (χ4v) is 2.54. The number of benzene rings is 1. The highest BCUT2D eigenvalue weighted by Crippen LogP contribution is 2.23. The molecule has 1 aliphatic rings. The van der Waals surface area contributed by atoms with Gasteiger partial charge in [-0.25, -0.2) is 4.79 Å². The summed E-state index contributed by atoms with van der Waals surface area (Å²) in [6.07, 6.45) is 0. The van der Waals surface area contributed by atoms with E-state index in [-0.39, 0.29) is 18.4 Å². The number of carbonyl (C=O) groups excluding carboxylic acids is 1. The minimum Gasteiger partial charge on any atom is -0.352 e. The van der Waals surface area contributed by atoms with Crippen LogP contribution in [0.4, 0.5) is 4.79 Å². The van der Waals surface area contributed by atoms with Crippen LogP contribution in [0.15, 0.2) is 28.8 Å². The molecule has 0 spiro atoms. The van der Waals surface area contributed by atoms with Gasteiger partial charge in [0, 0.05) is 31.7 Å². The highest BCUT2D eigenvalue weighted by molar-refractivity contribution is 5.85. The van der Waals surface area contributed by atoms with Gasteiger partial charge in [-0.15, -0.1) is 12.4 Å². The van der Waals surface area contributed by atoms with Gasteiger partial charge in [0.1, 0.15) is 0 Å². The number of aromatic nitrogens is 2. The van der Waals surface area contributed by atoms with Gasteiger partial charge in [0.05, 0.1) is 6.04 Å². The Bertz CT molecular complexity index is 675. The lowest BCUT2D eigenvalue weighted by molar-refractivity contribution is 0.190. The van der Waals surface area contributed by atoms with Crippen LogP contribution in [0.1, 0.15) is 17.4 Å². The molecule has 1 saturated heterocycles. The number of rotatable bonds is 4. The molecular weight excluding hydrogens is 332 g/mol. The van der Waals surface area contributed by atoms with Crippen molar-refractivity contribution in [1.29, 1.82) is 0 Å². The van der Waals surface area contributed by atoms with Gasteiger partial charge in [-0.2, -0.15) is 4.98 Å². The lowest BCUT2D eigenvalue weighted by atomic mass is 10.1. The summed E-state index contributed by atoms with van der Waals surface area (Å²) in [7, 11) is 2.06. The molecule has 0 radical (unpaired) electrons. The Morgan fingerprint density at radius 3 is 2.88 bits per heavy atom. The summed E-state index contributed by atoms with van der Waals surface area (Å²) in [5.41, 5.74) is 6.85. The van der Waals surface area contributed by atoms with E-state index in [4.69, 9.17) is 10.3 Å². The molecule has 1 aromatic heterocycles. The van der Waals surface area contributed by atoms with E-state index in [1.165, 1.54) is 0 Å². The maximum absolute atomic E-state index is 10.7. The molecule has 1 fully saturated rings. The fraction of sp³-hybridized carbons (Fsp3) is 0.400. The Morgan fingerprint density at radius 2 is 2.21 bits per heavy atom. The van der Waals surface area contributed by atoms with Gasteiger partial charge < -0.3 is 20.9 Å². The summed E-state index contributed by atoms with van der Waals surface area (Å²) in [6, 6.07) is 7.14. The van der Waals surface area contributed by atoms with Crippen LogP contribution < -0.4 is 16.4 Å². The van der Waals surface area contributed by atoms with Gasteiger partial charge in [-0.05, 0) is 24.7 Å². The molecule has 0 bridgehead atoms. The molecule has 4 N–H and O–H groups in total.